The Bertz CT molecular complexity index is 443. The summed E-state index contributed by atoms with van der Waals surface area (Å²) in [6.45, 7) is -0.994. The number of azide groups is 1. The first-order valence-corrected chi connectivity index (χ1v) is 4.71. The highest BCUT2D eigenvalue weighted by Gasteiger charge is 2.19. The third-order valence-corrected chi connectivity index (χ3v) is 2.22. The molecule has 17 heavy (non-hydrogen) atoms. The lowest BCUT2D eigenvalue weighted by Gasteiger charge is -2.15. The molecule has 0 bridgehead atoms. The third-order valence-electron chi connectivity index (χ3n) is 2.22. The van der Waals surface area contributed by atoms with Gasteiger partial charge in [0, 0.05) is 4.91 Å². The van der Waals surface area contributed by atoms with E-state index in [0.29, 0.717) is 5.56 Å². The van der Waals surface area contributed by atoms with Crippen molar-refractivity contribution in [3.05, 3.63) is 45.8 Å². The van der Waals surface area contributed by atoms with Gasteiger partial charge in [0.2, 0.25) is 0 Å². The predicted molar refractivity (Wildman–Crippen MR) is 57.3 cm³/mol. The minimum Gasteiger partial charge on any atom is -0.478 e. The zero-order chi connectivity index (χ0) is 12.8. The summed E-state index contributed by atoms with van der Waals surface area (Å²) >= 11 is 0. The van der Waals surface area contributed by atoms with Gasteiger partial charge in [-0.25, -0.2) is 4.79 Å². The van der Waals surface area contributed by atoms with Crippen molar-refractivity contribution in [3.63, 3.8) is 0 Å². The van der Waals surface area contributed by atoms with Gasteiger partial charge in [-0.2, -0.15) is 0 Å². The van der Waals surface area contributed by atoms with Gasteiger partial charge in [-0.1, -0.05) is 17.2 Å². The molecular weight excluding hydrogens is 229 g/mol. The molecule has 0 spiro atoms. The molecule has 0 unspecified atom stereocenters. The maximum absolute atomic E-state index is 12.5. The molecule has 0 radical (unpaired) electrons. The molecule has 0 heterocycles. The second-order valence-corrected chi connectivity index (χ2v) is 3.30. The van der Waals surface area contributed by atoms with Crippen LogP contribution in [0.25, 0.3) is 10.4 Å². The van der Waals surface area contributed by atoms with Gasteiger partial charge in [0.05, 0.1) is 17.7 Å². The van der Waals surface area contributed by atoms with Crippen molar-refractivity contribution >= 4 is 5.97 Å². The van der Waals surface area contributed by atoms with E-state index in [1.165, 1.54) is 24.3 Å². The molecule has 0 aliphatic carbocycles. The maximum atomic E-state index is 12.5. The summed E-state index contributed by atoms with van der Waals surface area (Å²) in [5.41, 5.74) is 8.54. The van der Waals surface area contributed by atoms with Crippen LogP contribution in [0.1, 0.15) is 22.0 Å². The van der Waals surface area contributed by atoms with Crippen LogP contribution in [-0.4, -0.2) is 28.9 Å². The van der Waals surface area contributed by atoms with Crippen molar-refractivity contribution in [2.45, 2.75) is 12.1 Å². The number of carboxylic acids is 1. The fraction of sp³-hybridized carbons (Fsp3) is 0.300. The molecule has 7 heteroatoms. The molecule has 0 amide bonds. The van der Waals surface area contributed by atoms with Crippen LogP contribution in [-0.2, 0) is 0 Å². The van der Waals surface area contributed by atoms with Gasteiger partial charge in [0.25, 0.3) is 0 Å². The number of aliphatic hydroxyl groups is 1. The van der Waals surface area contributed by atoms with Gasteiger partial charge in [-0.05, 0) is 23.2 Å². The van der Waals surface area contributed by atoms with E-state index in [2.05, 4.69) is 10.0 Å². The molecule has 0 aliphatic heterocycles. The second kappa shape index (κ2) is 5.83. The maximum Gasteiger partial charge on any atom is 0.335 e. The molecule has 0 saturated carbocycles. The lowest BCUT2D eigenvalue weighted by Crippen LogP contribution is -2.18. The van der Waals surface area contributed by atoms with E-state index < -0.39 is 24.8 Å². The summed E-state index contributed by atoms with van der Waals surface area (Å²) in [4.78, 5) is 13.0. The zero-order valence-corrected chi connectivity index (χ0v) is 8.69. The Labute approximate surface area is 95.9 Å². The normalized spacial score (nSPS) is 13.5. The number of alkyl halides is 1. The van der Waals surface area contributed by atoms with Gasteiger partial charge in [0.15, 0.2) is 0 Å². The summed E-state index contributed by atoms with van der Waals surface area (Å²) in [5, 5.41) is 21.5. The standard InChI is InChI=1S/C10H10FN3O3/c11-5-8(13-14-12)9(15)6-1-3-7(4-2-6)10(16)17/h1-4,8-9,15H,5H2,(H,16,17)/t8-,9-/m1/s1. The van der Waals surface area contributed by atoms with Gasteiger partial charge in [-0.15, -0.1) is 0 Å². The smallest absolute Gasteiger partial charge is 0.335 e. The lowest BCUT2D eigenvalue weighted by atomic mass is 10.0. The average molecular weight is 239 g/mol. The monoisotopic (exact) mass is 239 g/mol. The van der Waals surface area contributed by atoms with Crippen LogP contribution in [0.2, 0.25) is 0 Å². The second-order valence-electron chi connectivity index (χ2n) is 3.30. The Balaban J connectivity index is 2.92. The number of carbonyl (C=O) groups is 1. The van der Waals surface area contributed by atoms with Crippen molar-refractivity contribution in [1.82, 2.24) is 0 Å². The van der Waals surface area contributed by atoms with Gasteiger partial charge in [-0.3, -0.25) is 4.39 Å². The fourth-order valence-electron chi connectivity index (χ4n) is 1.29. The third kappa shape index (κ3) is 3.17. The highest BCUT2D eigenvalue weighted by atomic mass is 19.1. The predicted octanol–water partition coefficient (Wildman–Crippen LogP) is 2.07. The number of aliphatic hydroxyl groups excluding tert-OH is 1. The quantitative estimate of drug-likeness (QED) is 0.466. The van der Waals surface area contributed by atoms with E-state index in [1.54, 1.807) is 0 Å². The summed E-state index contributed by atoms with van der Waals surface area (Å²) < 4.78 is 12.5. The Hall–Kier alpha value is -2.11. The van der Waals surface area contributed by atoms with Crippen molar-refractivity contribution in [2.24, 2.45) is 5.11 Å². The summed E-state index contributed by atoms with van der Waals surface area (Å²) in [6, 6.07) is 4.06. The van der Waals surface area contributed by atoms with Gasteiger partial charge in [0.1, 0.15) is 6.67 Å². The number of nitrogens with zero attached hydrogens (tertiary/aromatic N) is 3. The van der Waals surface area contributed by atoms with Crippen LogP contribution in [0.4, 0.5) is 4.39 Å². The Morgan fingerprint density at radius 3 is 2.47 bits per heavy atom. The summed E-state index contributed by atoms with van der Waals surface area (Å²) in [7, 11) is 0. The van der Waals surface area contributed by atoms with Crippen LogP contribution in [0.3, 0.4) is 0 Å². The lowest BCUT2D eigenvalue weighted by molar-refractivity contribution is 0.0696. The largest absolute Gasteiger partial charge is 0.478 e. The molecule has 0 aliphatic rings. The molecule has 0 fully saturated rings. The molecule has 2 atom stereocenters. The molecule has 1 rings (SSSR count). The first kappa shape index (κ1) is 13.0. The van der Waals surface area contributed by atoms with Crippen LogP contribution in [0.5, 0.6) is 0 Å². The molecule has 6 nitrogen and oxygen atoms in total. The fourth-order valence-corrected chi connectivity index (χ4v) is 1.29. The number of aromatic carboxylic acids is 1. The minimum absolute atomic E-state index is 0.0570. The van der Waals surface area contributed by atoms with E-state index in [1.807, 2.05) is 0 Å². The topological polar surface area (TPSA) is 106 Å². The van der Waals surface area contributed by atoms with Crippen LogP contribution >= 0.6 is 0 Å². The Kier molecular flexibility index (Phi) is 4.45. The number of halogens is 1. The average Bonchev–Trinajstić information content (AvgIpc) is 2.35. The van der Waals surface area contributed by atoms with E-state index in [0.717, 1.165) is 0 Å². The van der Waals surface area contributed by atoms with Crippen LogP contribution in [0, 0.1) is 0 Å². The highest BCUT2D eigenvalue weighted by molar-refractivity contribution is 5.87. The molecule has 1 aromatic rings. The first-order chi connectivity index (χ1) is 8.10. The van der Waals surface area contributed by atoms with Crippen molar-refractivity contribution in [2.75, 3.05) is 6.67 Å². The molecular formula is C10H10FN3O3. The van der Waals surface area contributed by atoms with Crippen molar-refractivity contribution in [3.8, 4) is 0 Å². The number of hydrogen-bond donors (Lipinski definition) is 2. The molecule has 0 aromatic heterocycles. The van der Waals surface area contributed by atoms with Crippen molar-refractivity contribution in [1.29, 1.82) is 0 Å². The number of benzene rings is 1. The Morgan fingerprint density at radius 1 is 1.47 bits per heavy atom. The zero-order valence-electron chi connectivity index (χ0n) is 8.69. The van der Waals surface area contributed by atoms with Crippen LogP contribution < -0.4 is 0 Å². The SMILES string of the molecule is [N-]=[N+]=N[C@H](CF)[C@H](O)c1ccc(C(=O)O)cc1. The van der Waals surface area contributed by atoms with E-state index in [9.17, 15) is 14.3 Å². The number of rotatable bonds is 5. The van der Waals surface area contributed by atoms with Gasteiger partial charge >= 0.3 is 5.97 Å². The summed E-state index contributed by atoms with van der Waals surface area (Å²) in [6.07, 6.45) is -1.29. The summed E-state index contributed by atoms with van der Waals surface area (Å²) in [5.74, 6) is -1.09. The van der Waals surface area contributed by atoms with Crippen LogP contribution in [0.15, 0.2) is 29.4 Å². The van der Waals surface area contributed by atoms with E-state index in [4.69, 9.17) is 10.6 Å². The molecule has 0 saturated heterocycles. The number of carboxylic acid groups (broad SMARTS) is 1. The van der Waals surface area contributed by atoms with E-state index >= 15 is 0 Å². The van der Waals surface area contributed by atoms with E-state index in [-0.39, 0.29) is 5.56 Å². The van der Waals surface area contributed by atoms with Gasteiger partial charge < -0.3 is 10.2 Å². The molecule has 90 valence electrons. The Morgan fingerprint density at radius 2 is 2.06 bits per heavy atom. The number of hydrogen-bond acceptors (Lipinski definition) is 3. The minimum atomic E-state index is -1.29. The van der Waals surface area contributed by atoms with Crippen molar-refractivity contribution < 1.29 is 19.4 Å². The highest BCUT2D eigenvalue weighted by Crippen LogP contribution is 2.20. The first-order valence-electron chi connectivity index (χ1n) is 4.71. The molecule has 1 aromatic carbocycles. The molecule has 2 N–H and O–H groups in total.